The first kappa shape index (κ1) is 12.3. The molecule has 2 rings (SSSR count). The van der Waals surface area contributed by atoms with Crippen molar-refractivity contribution in [2.24, 2.45) is 10.8 Å². The maximum Gasteiger partial charge on any atom is 0.397 e. The fourth-order valence-electron chi connectivity index (χ4n) is 2.12. The average Bonchev–Trinajstić information content (AvgIpc) is 2.77. The molecule has 0 amide bonds. The summed E-state index contributed by atoms with van der Waals surface area (Å²) in [5.74, 6) is -0.934. The van der Waals surface area contributed by atoms with E-state index < -0.39 is 11.6 Å². The summed E-state index contributed by atoms with van der Waals surface area (Å²) in [4.78, 5) is 20.4. The maximum atomic E-state index is 5.41. The Balaban J connectivity index is 2.12. The van der Waals surface area contributed by atoms with Crippen molar-refractivity contribution in [3.63, 3.8) is 0 Å². The summed E-state index contributed by atoms with van der Waals surface area (Å²) >= 11 is 0. The molecular weight excluding hydrogens is 208 g/mol. The highest BCUT2D eigenvalue weighted by Gasteiger charge is 2.81. The Morgan fingerprint density at radius 2 is 1.31 bits per heavy atom. The topological polar surface area (TPSA) is 43.5 Å². The van der Waals surface area contributed by atoms with E-state index in [-0.39, 0.29) is 10.8 Å². The highest BCUT2D eigenvalue weighted by atomic mass is 17.5. The van der Waals surface area contributed by atoms with Gasteiger partial charge in [0.15, 0.2) is 5.60 Å². The van der Waals surface area contributed by atoms with E-state index in [1.54, 1.807) is 0 Å². The van der Waals surface area contributed by atoms with Gasteiger partial charge in [-0.2, -0.15) is 14.7 Å². The van der Waals surface area contributed by atoms with Crippen molar-refractivity contribution in [3.05, 3.63) is 0 Å². The molecule has 0 aromatic carbocycles. The van der Waals surface area contributed by atoms with Crippen LogP contribution in [0.3, 0.4) is 0 Å². The van der Waals surface area contributed by atoms with Crippen LogP contribution < -0.4 is 0 Å². The molecule has 2 heterocycles. The lowest BCUT2D eigenvalue weighted by molar-refractivity contribution is -0.579. The summed E-state index contributed by atoms with van der Waals surface area (Å²) in [5.41, 5.74) is -0.326. The third-order valence-corrected chi connectivity index (χ3v) is 3.46. The normalized spacial score (nSPS) is 32.6. The zero-order valence-electron chi connectivity index (χ0n) is 11.0. The maximum absolute atomic E-state index is 5.41. The van der Waals surface area contributed by atoms with Crippen molar-refractivity contribution < 1.29 is 19.6 Å². The van der Waals surface area contributed by atoms with Crippen LogP contribution in [0.25, 0.3) is 0 Å². The van der Waals surface area contributed by atoms with Gasteiger partial charge in [-0.25, -0.2) is 4.89 Å². The van der Waals surface area contributed by atoms with Crippen molar-refractivity contribution >= 4 is 0 Å². The highest BCUT2D eigenvalue weighted by molar-refractivity contribution is 5.05. The molecule has 2 aliphatic rings. The Labute approximate surface area is 97.1 Å². The second-order valence-electron chi connectivity index (χ2n) is 7.03. The fraction of sp³-hybridized carbons (Fsp3) is 1.00. The van der Waals surface area contributed by atoms with Gasteiger partial charge in [-0.3, -0.25) is 0 Å². The van der Waals surface area contributed by atoms with Gasteiger partial charge in [0, 0.05) is 5.41 Å². The predicted octanol–water partition coefficient (Wildman–Crippen LogP) is 3.18. The van der Waals surface area contributed by atoms with Gasteiger partial charge >= 0.3 is 5.97 Å². The predicted molar refractivity (Wildman–Crippen MR) is 57.9 cm³/mol. The first-order chi connectivity index (χ1) is 7.12. The van der Waals surface area contributed by atoms with Crippen molar-refractivity contribution in [2.75, 3.05) is 0 Å². The molecule has 2 aliphatic heterocycles. The minimum absolute atomic E-state index is 0.0903. The van der Waals surface area contributed by atoms with Gasteiger partial charge < -0.3 is 0 Å². The van der Waals surface area contributed by atoms with Crippen LogP contribution >= 0.6 is 0 Å². The van der Waals surface area contributed by atoms with Crippen LogP contribution in [0.15, 0.2) is 0 Å². The van der Waals surface area contributed by atoms with Crippen LogP contribution in [0.5, 0.6) is 0 Å². The van der Waals surface area contributed by atoms with Crippen LogP contribution in [0, 0.1) is 10.8 Å². The van der Waals surface area contributed by atoms with Crippen molar-refractivity contribution in [1.29, 1.82) is 0 Å². The molecule has 2 saturated heterocycles. The van der Waals surface area contributed by atoms with E-state index in [0.29, 0.717) is 0 Å². The lowest BCUT2D eigenvalue weighted by atomic mass is 9.69. The molecule has 2 fully saturated rings. The van der Waals surface area contributed by atoms with Gasteiger partial charge in [-0.15, -0.1) is 0 Å². The average molecular weight is 230 g/mol. The minimum Gasteiger partial charge on any atom is -0.215 e. The van der Waals surface area contributed by atoms with Crippen LogP contribution in [-0.2, 0) is 19.6 Å². The van der Waals surface area contributed by atoms with E-state index in [1.807, 2.05) is 0 Å². The van der Waals surface area contributed by atoms with Gasteiger partial charge in [0.1, 0.15) is 0 Å². The van der Waals surface area contributed by atoms with E-state index in [9.17, 15) is 0 Å². The second kappa shape index (κ2) is 3.19. The van der Waals surface area contributed by atoms with Gasteiger partial charge in [-0.1, -0.05) is 41.5 Å². The molecule has 1 unspecified atom stereocenters. The molecular formula is C12H22O4. The molecule has 16 heavy (non-hydrogen) atoms. The van der Waals surface area contributed by atoms with Crippen molar-refractivity contribution in [3.8, 4) is 0 Å². The monoisotopic (exact) mass is 230 g/mol. The molecule has 0 bridgehead atoms. The molecule has 0 aromatic heterocycles. The van der Waals surface area contributed by atoms with E-state index in [1.165, 1.54) is 0 Å². The Hall–Kier alpha value is -0.160. The Morgan fingerprint density at radius 3 is 1.56 bits per heavy atom. The minimum atomic E-state index is -0.934. The van der Waals surface area contributed by atoms with Crippen LogP contribution in [0.1, 0.15) is 54.4 Å². The van der Waals surface area contributed by atoms with Crippen molar-refractivity contribution in [1.82, 2.24) is 0 Å². The third kappa shape index (κ3) is 1.68. The van der Waals surface area contributed by atoms with Crippen LogP contribution in [-0.4, -0.2) is 11.6 Å². The summed E-state index contributed by atoms with van der Waals surface area (Å²) in [6.07, 6.45) is 1.89. The van der Waals surface area contributed by atoms with Gasteiger partial charge in [0.25, 0.3) is 0 Å². The lowest BCUT2D eigenvalue weighted by Crippen LogP contribution is -2.66. The Morgan fingerprint density at radius 1 is 0.812 bits per heavy atom. The summed E-state index contributed by atoms with van der Waals surface area (Å²) in [5, 5.41) is 0. The summed E-state index contributed by atoms with van der Waals surface area (Å²) < 4.78 is 0. The second-order valence-corrected chi connectivity index (χ2v) is 7.03. The van der Waals surface area contributed by atoms with Gasteiger partial charge in [-0.05, 0) is 18.3 Å². The molecule has 0 saturated carbocycles. The van der Waals surface area contributed by atoms with E-state index >= 15 is 0 Å². The molecule has 0 aliphatic carbocycles. The van der Waals surface area contributed by atoms with Gasteiger partial charge in [0.05, 0.1) is 0 Å². The molecule has 1 spiro atoms. The smallest absolute Gasteiger partial charge is 0.215 e. The summed E-state index contributed by atoms with van der Waals surface area (Å²) in [6, 6.07) is 0. The molecule has 4 nitrogen and oxygen atoms in total. The first-order valence-corrected chi connectivity index (χ1v) is 5.86. The summed E-state index contributed by atoms with van der Waals surface area (Å²) in [6.45, 7) is 13.0. The molecule has 0 radical (unpaired) electrons. The lowest BCUT2D eigenvalue weighted by Gasteiger charge is -2.50. The summed E-state index contributed by atoms with van der Waals surface area (Å²) in [7, 11) is 0. The molecule has 0 aromatic rings. The van der Waals surface area contributed by atoms with E-state index in [4.69, 9.17) is 19.6 Å². The zero-order chi connectivity index (χ0) is 12.2. The molecule has 1 atom stereocenters. The zero-order valence-corrected chi connectivity index (χ0v) is 11.0. The standard InChI is InChI=1S/C12H22O4/c1-9(2,3)7-8-11(10(4,5)6)12(14-13-11)15-16-12/h7-8H2,1-6H3. The van der Waals surface area contributed by atoms with Crippen molar-refractivity contribution in [2.45, 2.75) is 66.0 Å². The quantitative estimate of drug-likeness (QED) is 0.540. The highest BCUT2D eigenvalue weighted by Crippen LogP contribution is 2.62. The third-order valence-electron chi connectivity index (χ3n) is 3.46. The van der Waals surface area contributed by atoms with E-state index in [0.717, 1.165) is 12.8 Å². The SMILES string of the molecule is CC(C)(C)CCC1(C(C)(C)C)OOC12OO2. The molecule has 94 valence electrons. The fourth-order valence-corrected chi connectivity index (χ4v) is 2.12. The largest absolute Gasteiger partial charge is 0.397 e. The number of hydrogen-bond acceptors (Lipinski definition) is 4. The van der Waals surface area contributed by atoms with Gasteiger partial charge in [0.2, 0.25) is 0 Å². The Bertz CT molecular complexity index is 278. The van der Waals surface area contributed by atoms with Crippen LogP contribution in [0.4, 0.5) is 0 Å². The van der Waals surface area contributed by atoms with Crippen LogP contribution in [0.2, 0.25) is 0 Å². The molecule has 4 heteroatoms. The number of rotatable bonds is 2. The Kier molecular flexibility index (Phi) is 2.45. The molecule has 0 N–H and O–H groups in total. The first-order valence-electron chi connectivity index (χ1n) is 5.86. The van der Waals surface area contributed by atoms with E-state index in [2.05, 4.69) is 41.5 Å². The number of hydrogen-bond donors (Lipinski definition) is 0.